The Hall–Kier alpha value is -3.97. The summed E-state index contributed by atoms with van der Waals surface area (Å²) in [4.78, 5) is 71.3. The third-order valence-corrected chi connectivity index (χ3v) is 32.6. The van der Waals surface area contributed by atoms with Gasteiger partial charge < -0.3 is 83.9 Å². The van der Waals surface area contributed by atoms with Crippen molar-refractivity contribution in [1.82, 2.24) is 64.9 Å². The van der Waals surface area contributed by atoms with E-state index in [1.54, 1.807) is 0 Å². The molecule has 7 saturated heterocycles. The van der Waals surface area contributed by atoms with Crippen LogP contribution < -0.4 is 16.0 Å². The first-order valence-corrected chi connectivity index (χ1v) is 58.7. The number of rotatable bonds is 38. The van der Waals surface area contributed by atoms with Crippen molar-refractivity contribution >= 4 is 181 Å². The summed E-state index contributed by atoms with van der Waals surface area (Å²) in [5.74, 6) is 9.20. The van der Waals surface area contributed by atoms with Gasteiger partial charge in [-0.25, -0.2) is 0 Å². The molecule has 0 radical (unpaired) electrons. The molecule has 147 heavy (non-hydrogen) atoms. The van der Waals surface area contributed by atoms with Crippen LogP contribution in [0.25, 0.3) is 0 Å². The number of hydrogen-bond donors (Lipinski definition) is 9. The first kappa shape index (κ1) is 128. The topological polar surface area (TPSA) is 174 Å². The fourth-order valence-corrected chi connectivity index (χ4v) is 23.9. The Kier molecular flexibility index (Phi) is 62.2. The van der Waals surface area contributed by atoms with Crippen molar-refractivity contribution in [2.24, 2.45) is 41.4 Å². The summed E-state index contributed by atoms with van der Waals surface area (Å²) in [6, 6.07) is 56.5. The van der Waals surface area contributed by atoms with Crippen LogP contribution in [0, 0.1) is 41.4 Å². The molecule has 818 valence electrons. The van der Waals surface area contributed by atoms with Crippen LogP contribution in [0.5, 0.6) is 0 Å². The molecule has 0 bridgehead atoms. The normalized spacial score (nSPS) is 23.3. The van der Waals surface area contributed by atoms with Crippen molar-refractivity contribution in [2.75, 3.05) is 302 Å². The van der Waals surface area contributed by atoms with Crippen LogP contribution in [-0.4, -0.2) is 375 Å². The fraction of sp³-hybridized carbons (Fsp3) is 0.593. The smallest absolute Gasteiger partial charge is 0.310 e. The van der Waals surface area contributed by atoms with Crippen molar-refractivity contribution in [2.45, 2.75) is 86.4 Å². The summed E-state index contributed by atoms with van der Waals surface area (Å²) in [6.45, 7) is 29.6. The number of ether oxygens (including phenoxy) is 4. The molecule has 12 unspecified atom stereocenters. The van der Waals surface area contributed by atoms with Gasteiger partial charge in [-0.05, 0) is 323 Å². The number of piperidine rings is 7. The second-order valence-corrected chi connectivity index (χ2v) is 46.0. The zero-order valence-electron chi connectivity index (χ0n) is 88.5. The van der Waals surface area contributed by atoms with Gasteiger partial charge in [0.1, 0.15) is 0 Å². The molecule has 21 nitrogen and oxygen atoms in total. The van der Waals surface area contributed by atoms with Gasteiger partial charge in [0, 0.05) is 214 Å². The van der Waals surface area contributed by atoms with Gasteiger partial charge in [-0.3, -0.25) is 19.2 Å². The van der Waals surface area contributed by atoms with Crippen molar-refractivity contribution in [3.05, 3.63) is 244 Å². The SMILES string of the molecule is CN1CCC(c2ccc(Cl)cc2)C(CN(CCS)CCNCCS)C1.CN1CCC(c2ccc(Cl)cc2)C(CN(CCS)CCNCCS)C1.CN1CCC(c2ccc(Cl)cc2)[C@@H](CN(CCS)CCNCCS)C1.COC(=O)C1CN(C)CCC1c1ccc(Cl)cc1.COC(=O)C1CN(C)CCC1c1ccc(Cl)cc1.COC(=O)C1CN(C)CCC1c1ccc(Cl)cc1.COC(=O)[C@H]1CN(C)CCC1c1ccc(Cl)cc1. The van der Waals surface area contributed by atoms with Gasteiger partial charge >= 0.3 is 23.9 Å². The molecule has 0 aliphatic carbocycles. The van der Waals surface area contributed by atoms with Gasteiger partial charge in [-0.15, -0.1) is 0 Å². The van der Waals surface area contributed by atoms with Gasteiger partial charge in [0.2, 0.25) is 0 Å². The van der Waals surface area contributed by atoms with E-state index in [0.29, 0.717) is 35.5 Å². The molecule has 7 aromatic rings. The molecule has 7 aliphatic heterocycles. The summed E-state index contributed by atoms with van der Waals surface area (Å²) in [7, 11) is 20.7. The van der Waals surface area contributed by atoms with E-state index in [1.807, 2.05) is 162 Å². The number of hydrogen-bond acceptors (Lipinski definition) is 27. The zero-order valence-corrected chi connectivity index (χ0v) is 99.2. The largest absolute Gasteiger partial charge is 0.469 e. The Morgan fingerprint density at radius 1 is 0.252 bits per heavy atom. The Morgan fingerprint density at radius 3 is 0.578 bits per heavy atom. The van der Waals surface area contributed by atoms with Gasteiger partial charge in [0.15, 0.2) is 0 Å². The fourth-order valence-electron chi connectivity index (χ4n) is 21.7. The predicted molar refractivity (Wildman–Crippen MR) is 638 cm³/mol. The van der Waals surface area contributed by atoms with E-state index in [4.69, 9.17) is 100 Å². The molecule has 0 aromatic heterocycles. The predicted octanol–water partition coefficient (Wildman–Crippen LogP) is 19.6. The van der Waals surface area contributed by atoms with Gasteiger partial charge in [0.05, 0.1) is 52.1 Å². The molecule has 7 aromatic carbocycles. The molecule has 7 heterocycles. The number of methoxy groups -OCH3 is 4. The van der Waals surface area contributed by atoms with E-state index in [1.165, 1.54) is 106 Å². The molecule has 34 heteroatoms. The lowest BCUT2D eigenvalue weighted by Gasteiger charge is -2.40. The highest BCUT2D eigenvalue weighted by atomic mass is 35.5. The minimum atomic E-state index is -0.124. The Morgan fingerprint density at radius 2 is 0.415 bits per heavy atom. The van der Waals surface area contributed by atoms with E-state index in [2.05, 4.69) is 198 Å². The highest BCUT2D eigenvalue weighted by Crippen LogP contribution is 2.42. The Labute approximate surface area is 949 Å². The number of nitrogens with zero attached hydrogens (tertiary/aromatic N) is 10. The molecule has 7 fully saturated rings. The second kappa shape index (κ2) is 71.3. The quantitative estimate of drug-likeness (QED) is 0.00773. The summed E-state index contributed by atoms with van der Waals surface area (Å²) >= 11 is 68.0. The average Bonchev–Trinajstić information content (AvgIpc) is 0.463. The van der Waals surface area contributed by atoms with E-state index in [0.717, 1.165) is 266 Å². The standard InChI is InChI=1S/3C19H32ClN3S2.4C14H18ClNO2/c3*1-22-9-6-19(16-2-4-18(20)5-3-16)17(14-22)15-23(11-13-25)10-7-21-8-12-24;4*1-16-8-7-12(13(9-16)14(17)18-2)10-3-5-11(15)6-4-10/h3*2-5,17,19,21,24-25H,6-15H2,1H3;4*3-6,12-13H,7-9H2,1-2H3/t17-,19?;;;12?,13-;;;/m1..0.../s1. The number of thiol groups is 6. The summed E-state index contributed by atoms with van der Waals surface area (Å²) in [5, 5.41) is 15.7. The number of esters is 4. The zero-order chi connectivity index (χ0) is 107. The van der Waals surface area contributed by atoms with E-state index >= 15 is 0 Å². The molecule has 14 rings (SSSR count). The third kappa shape index (κ3) is 45.3. The van der Waals surface area contributed by atoms with Crippen LogP contribution in [0.15, 0.2) is 170 Å². The minimum absolute atomic E-state index is 0.0880. The van der Waals surface area contributed by atoms with Crippen molar-refractivity contribution in [1.29, 1.82) is 0 Å². The third-order valence-electron chi connectivity index (χ3n) is 29.6. The van der Waals surface area contributed by atoms with E-state index in [-0.39, 0.29) is 71.2 Å². The van der Waals surface area contributed by atoms with Crippen LogP contribution >= 0.6 is 157 Å². The number of carbonyl (C=O) groups excluding carboxylic acids is 4. The molecule has 0 amide bonds. The maximum atomic E-state index is 11.9. The first-order chi connectivity index (χ1) is 70.9. The molecular formula is C113H168Cl7N13O8S6. The lowest BCUT2D eigenvalue weighted by molar-refractivity contribution is -0.148. The van der Waals surface area contributed by atoms with Crippen LogP contribution in [0.1, 0.15) is 125 Å². The number of benzene rings is 7. The molecule has 0 spiro atoms. The summed E-state index contributed by atoms with van der Waals surface area (Å²) in [5.41, 5.74) is 8.97. The lowest BCUT2D eigenvalue weighted by Crippen LogP contribution is -2.45. The number of likely N-dealkylation sites (tertiary alicyclic amines) is 7. The molecular weight excluding hydrogens is 2110 g/mol. The van der Waals surface area contributed by atoms with Crippen molar-refractivity contribution in [3.8, 4) is 0 Å². The van der Waals surface area contributed by atoms with Gasteiger partial charge in [0.25, 0.3) is 0 Å². The summed E-state index contributed by atoms with van der Waals surface area (Å²) in [6.07, 6.45) is 7.53. The highest BCUT2D eigenvalue weighted by Gasteiger charge is 2.41. The first-order valence-electron chi connectivity index (χ1n) is 52.2. The number of nitrogens with one attached hydrogen (secondary N) is 3. The Bertz CT molecular complexity index is 4280. The van der Waals surface area contributed by atoms with E-state index < -0.39 is 0 Å². The molecule has 3 N–H and O–H groups in total. The van der Waals surface area contributed by atoms with Crippen LogP contribution in [0.3, 0.4) is 0 Å². The van der Waals surface area contributed by atoms with Crippen LogP contribution in [0.4, 0.5) is 0 Å². The monoisotopic (exact) mass is 2270 g/mol. The Balaban J connectivity index is 0.000000210. The summed E-state index contributed by atoms with van der Waals surface area (Å²) < 4.78 is 19.7. The average molecular weight is 2280 g/mol. The lowest BCUT2D eigenvalue weighted by atomic mass is 9.80. The van der Waals surface area contributed by atoms with Gasteiger partial charge in [-0.1, -0.05) is 166 Å². The number of halogens is 7. The maximum absolute atomic E-state index is 11.9. The number of carbonyl (C=O) groups is 4. The molecule has 14 atom stereocenters. The second-order valence-electron chi connectivity index (χ2n) is 40.3. The van der Waals surface area contributed by atoms with Crippen molar-refractivity contribution in [3.63, 3.8) is 0 Å². The molecule has 7 aliphatic rings. The maximum Gasteiger partial charge on any atom is 0.310 e. The van der Waals surface area contributed by atoms with Crippen LogP contribution in [-0.2, 0) is 38.1 Å². The minimum Gasteiger partial charge on any atom is -0.469 e. The molecule has 0 saturated carbocycles. The van der Waals surface area contributed by atoms with Crippen LogP contribution in [0.2, 0.25) is 35.2 Å². The highest BCUT2D eigenvalue weighted by molar-refractivity contribution is 7.81. The van der Waals surface area contributed by atoms with Crippen molar-refractivity contribution < 1.29 is 38.1 Å². The van der Waals surface area contributed by atoms with E-state index in [9.17, 15) is 19.2 Å². The van der Waals surface area contributed by atoms with Gasteiger partial charge in [-0.2, -0.15) is 75.8 Å².